The SMILES string of the molecule is Nc1ccccc1C(=O)N/N=C(/c1ccccc1)c1ccccn1. The monoisotopic (exact) mass is 316 g/mol. The van der Waals surface area contributed by atoms with Gasteiger partial charge in [-0.05, 0) is 24.3 Å². The van der Waals surface area contributed by atoms with E-state index in [0.717, 1.165) is 5.56 Å². The highest BCUT2D eigenvalue weighted by Gasteiger charge is 2.11. The maximum absolute atomic E-state index is 12.3. The zero-order valence-electron chi connectivity index (χ0n) is 12.9. The molecule has 0 aliphatic heterocycles. The van der Waals surface area contributed by atoms with Gasteiger partial charge in [0.2, 0.25) is 0 Å². The highest BCUT2D eigenvalue weighted by atomic mass is 16.2. The minimum Gasteiger partial charge on any atom is -0.398 e. The Balaban J connectivity index is 1.93. The number of nitrogens with zero attached hydrogens (tertiary/aromatic N) is 2. The number of hydrazone groups is 1. The molecule has 0 radical (unpaired) electrons. The second kappa shape index (κ2) is 7.19. The molecule has 5 heteroatoms. The number of pyridine rings is 1. The average molecular weight is 316 g/mol. The van der Waals surface area contributed by atoms with Crippen molar-refractivity contribution in [3.05, 3.63) is 95.8 Å². The standard InChI is InChI=1S/C19H16N4O/c20-16-11-5-4-10-15(16)19(24)23-22-18(14-8-2-1-3-9-14)17-12-6-7-13-21-17/h1-13H,20H2,(H,23,24)/b22-18-. The first-order chi connectivity index (χ1) is 11.8. The number of benzene rings is 2. The molecule has 1 heterocycles. The fourth-order valence-electron chi connectivity index (χ4n) is 2.24. The first-order valence-electron chi connectivity index (χ1n) is 7.45. The van der Waals surface area contributed by atoms with Gasteiger partial charge in [0.25, 0.3) is 5.91 Å². The highest BCUT2D eigenvalue weighted by Crippen LogP contribution is 2.11. The maximum Gasteiger partial charge on any atom is 0.273 e. The third kappa shape index (κ3) is 3.47. The fraction of sp³-hybridized carbons (Fsp3) is 0. The van der Waals surface area contributed by atoms with Crippen LogP contribution in [0.3, 0.4) is 0 Å². The van der Waals surface area contributed by atoms with Crippen LogP contribution in [0.25, 0.3) is 0 Å². The smallest absolute Gasteiger partial charge is 0.273 e. The van der Waals surface area contributed by atoms with Crippen LogP contribution in [-0.2, 0) is 0 Å². The van der Waals surface area contributed by atoms with E-state index in [1.165, 1.54) is 0 Å². The molecule has 1 amide bonds. The lowest BCUT2D eigenvalue weighted by Gasteiger charge is -2.08. The van der Waals surface area contributed by atoms with Crippen molar-refractivity contribution in [3.63, 3.8) is 0 Å². The lowest BCUT2D eigenvalue weighted by Crippen LogP contribution is -2.22. The Morgan fingerprint density at radius 2 is 1.62 bits per heavy atom. The number of aromatic nitrogens is 1. The van der Waals surface area contributed by atoms with Gasteiger partial charge in [-0.1, -0.05) is 48.5 Å². The van der Waals surface area contributed by atoms with E-state index >= 15 is 0 Å². The van der Waals surface area contributed by atoms with E-state index in [2.05, 4.69) is 15.5 Å². The predicted molar refractivity (Wildman–Crippen MR) is 94.6 cm³/mol. The Labute approximate surface area is 139 Å². The van der Waals surface area contributed by atoms with Gasteiger partial charge >= 0.3 is 0 Å². The van der Waals surface area contributed by atoms with Gasteiger partial charge < -0.3 is 5.73 Å². The molecule has 3 rings (SSSR count). The largest absolute Gasteiger partial charge is 0.398 e. The average Bonchev–Trinajstić information content (AvgIpc) is 2.64. The molecule has 0 spiro atoms. The van der Waals surface area contributed by atoms with Crippen molar-refractivity contribution in [1.82, 2.24) is 10.4 Å². The van der Waals surface area contributed by atoms with E-state index in [9.17, 15) is 4.79 Å². The van der Waals surface area contributed by atoms with E-state index in [-0.39, 0.29) is 5.91 Å². The van der Waals surface area contributed by atoms with Gasteiger partial charge in [0.05, 0.1) is 11.3 Å². The Morgan fingerprint density at radius 3 is 2.33 bits per heavy atom. The zero-order valence-corrected chi connectivity index (χ0v) is 12.9. The van der Waals surface area contributed by atoms with E-state index in [0.29, 0.717) is 22.7 Å². The van der Waals surface area contributed by atoms with Crippen LogP contribution in [0.2, 0.25) is 0 Å². The van der Waals surface area contributed by atoms with Crippen molar-refractivity contribution in [2.75, 3.05) is 5.73 Å². The topological polar surface area (TPSA) is 80.4 Å². The lowest BCUT2D eigenvalue weighted by molar-refractivity contribution is 0.0956. The van der Waals surface area contributed by atoms with Crippen LogP contribution < -0.4 is 11.2 Å². The summed E-state index contributed by atoms with van der Waals surface area (Å²) in [6.07, 6.45) is 1.69. The van der Waals surface area contributed by atoms with Crippen molar-refractivity contribution in [2.45, 2.75) is 0 Å². The van der Waals surface area contributed by atoms with Gasteiger partial charge in [-0.3, -0.25) is 9.78 Å². The maximum atomic E-state index is 12.3. The Bertz CT molecular complexity index is 819. The number of hydrogen-bond donors (Lipinski definition) is 2. The van der Waals surface area contributed by atoms with Crippen molar-refractivity contribution in [3.8, 4) is 0 Å². The molecule has 0 atom stereocenters. The minimum atomic E-state index is -0.363. The molecular formula is C19H16N4O. The van der Waals surface area contributed by atoms with E-state index in [1.807, 2.05) is 48.5 Å². The number of amides is 1. The van der Waals surface area contributed by atoms with Gasteiger partial charge in [-0.15, -0.1) is 0 Å². The number of nitrogens with two attached hydrogens (primary N) is 1. The van der Waals surface area contributed by atoms with Crippen LogP contribution in [0.4, 0.5) is 5.69 Å². The molecule has 1 aromatic heterocycles. The summed E-state index contributed by atoms with van der Waals surface area (Å²) in [4.78, 5) is 16.6. The number of nitrogen functional groups attached to an aromatic ring is 1. The quantitative estimate of drug-likeness (QED) is 0.441. The predicted octanol–water partition coefficient (Wildman–Crippen LogP) is 2.85. The molecule has 3 aromatic rings. The minimum absolute atomic E-state index is 0.363. The van der Waals surface area contributed by atoms with Crippen LogP contribution in [-0.4, -0.2) is 16.6 Å². The summed E-state index contributed by atoms with van der Waals surface area (Å²) in [6, 6.07) is 22.0. The molecule has 0 saturated carbocycles. The molecule has 0 aliphatic carbocycles. The van der Waals surface area contributed by atoms with E-state index in [1.54, 1.807) is 30.5 Å². The van der Waals surface area contributed by atoms with Gasteiger partial charge in [0.1, 0.15) is 5.71 Å². The third-order valence-electron chi connectivity index (χ3n) is 3.43. The van der Waals surface area contributed by atoms with Gasteiger partial charge in [0, 0.05) is 17.4 Å². The number of carbonyl (C=O) groups excluding carboxylic acids is 1. The Morgan fingerprint density at radius 1 is 0.917 bits per heavy atom. The molecule has 24 heavy (non-hydrogen) atoms. The summed E-state index contributed by atoms with van der Waals surface area (Å²) in [5.41, 5.74) is 11.3. The summed E-state index contributed by atoms with van der Waals surface area (Å²) in [7, 11) is 0. The first-order valence-corrected chi connectivity index (χ1v) is 7.45. The molecule has 0 unspecified atom stereocenters. The number of nitrogens with one attached hydrogen (secondary N) is 1. The molecule has 0 aliphatic rings. The normalized spacial score (nSPS) is 11.1. The van der Waals surface area contributed by atoms with E-state index < -0.39 is 0 Å². The number of para-hydroxylation sites is 1. The number of anilines is 1. The summed E-state index contributed by atoms with van der Waals surface area (Å²) >= 11 is 0. The molecule has 0 bridgehead atoms. The van der Waals surface area contributed by atoms with Crippen molar-refractivity contribution in [2.24, 2.45) is 5.10 Å². The fourth-order valence-corrected chi connectivity index (χ4v) is 2.24. The van der Waals surface area contributed by atoms with Crippen LogP contribution in [0.1, 0.15) is 21.6 Å². The van der Waals surface area contributed by atoms with E-state index in [4.69, 9.17) is 5.73 Å². The van der Waals surface area contributed by atoms with Crippen molar-refractivity contribution < 1.29 is 4.79 Å². The van der Waals surface area contributed by atoms with Crippen molar-refractivity contribution >= 4 is 17.3 Å². The second-order valence-electron chi connectivity index (χ2n) is 5.07. The highest BCUT2D eigenvalue weighted by molar-refractivity contribution is 6.12. The summed E-state index contributed by atoms with van der Waals surface area (Å²) in [6.45, 7) is 0. The summed E-state index contributed by atoms with van der Waals surface area (Å²) in [5.74, 6) is -0.363. The molecular weight excluding hydrogens is 300 g/mol. The molecule has 0 fully saturated rings. The third-order valence-corrected chi connectivity index (χ3v) is 3.43. The molecule has 3 N–H and O–H groups in total. The van der Waals surface area contributed by atoms with Gasteiger partial charge in [0.15, 0.2) is 0 Å². The molecule has 2 aromatic carbocycles. The van der Waals surface area contributed by atoms with Crippen LogP contribution in [0.5, 0.6) is 0 Å². The van der Waals surface area contributed by atoms with Crippen molar-refractivity contribution in [1.29, 1.82) is 0 Å². The summed E-state index contributed by atoms with van der Waals surface area (Å²) < 4.78 is 0. The molecule has 118 valence electrons. The van der Waals surface area contributed by atoms with Gasteiger partial charge in [-0.25, -0.2) is 5.43 Å². The lowest BCUT2D eigenvalue weighted by atomic mass is 10.1. The van der Waals surface area contributed by atoms with Crippen LogP contribution >= 0.6 is 0 Å². The number of hydrogen-bond acceptors (Lipinski definition) is 4. The Hall–Kier alpha value is -3.47. The Kier molecular flexibility index (Phi) is 4.62. The van der Waals surface area contributed by atoms with Crippen LogP contribution in [0.15, 0.2) is 84.1 Å². The summed E-state index contributed by atoms with van der Waals surface area (Å²) in [5, 5.41) is 4.28. The van der Waals surface area contributed by atoms with Gasteiger partial charge in [-0.2, -0.15) is 5.10 Å². The second-order valence-corrected chi connectivity index (χ2v) is 5.07. The first kappa shape index (κ1) is 15.4. The number of rotatable bonds is 4. The molecule has 5 nitrogen and oxygen atoms in total. The molecule has 0 saturated heterocycles. The number of carbonyl (C=O) groups is 1. The zero-order chi connectivity index (χ0) is 16.8. The van der Waals surface area contributed by atoms with Crippen LogP contribution in [0, 0.1) is 0 Å².